The van der Waals surface area contributed by atoms with Gasteiger partial charge in [-0.3, -0.25) is 24.4 Å². The fourth-order valence-electron chi connectivity index (χ4n) is 2.97. The van der Waals surface area contributed by atoms with Crippen molar-refractivity contribution in [1.82, 2.24) is 21.0 Å². The molecule has 1 saturated heterocycles. The molecule has 0 radical (unpaired) electrons. The van der Waals surface area contributed by atoms with Crippen molar-refractivity contribution in [3.8, 4) is 0 Å². The van der Waals surface area contributed by atoms with E-state index in [2.05, 4.69) is 16.0 Å². The number of hydroxylamine groups is 2. The van der Waals surface area contributed by atoms with E-state index in [1.807, 2.05) is 0 Å². The van der Waals surface area contributed by atoms with E-state index in [9.17, 15) is 24.4 Å². The zero-order valence-electron chi connectivity index (χ0n) is 16.5. The molecule has 0 unspecified atom stereocenters. The van der Waals surface area contributed by atoms with Gasteiger partial charge in [0, 0.05) is 20.0 Å². The van der Waals surface area contributed by atoms with Crippen LogP contribution in [0, 0.1) is 5.92 Å². The third-order valence-corrected chi connectivity index (χ3v) is 4.52. The summed E-state index contributed by atoms with van der Waals surface area (Å²) in [5, 5.41) is 18.1. The summed E-state index contributed by atoms with van der Waals surface area (Å²) in [6.07, 6.45) is 8.19. The van der Waals surface area contributed by atoms with Gasteiger partial charge >= 0.3 is 0 Å². The van der Waals surface area contributed by atoms with Crippen molar-refractivity contribution >= 4 is 24.1 Å². The largest absolute Gasteiger partial charge is 0.356 e. The molecule has 0 aromatic rings. The number of hydrogen-bond acceptors (Lipinski definition) is 5. The molecule has 1 aliphatic heterocycles. The number of nitrogens with zero attached hydrogens (tertiary/aromatic N) is 1. The van der Waals surface area contributed by atoms with Gasteiger partial charge < -0.3 is 16.0 Å². The molecule has 158 valence electrons. The first kappa shape index (κ1) is 23.6. The fraction of sp³-hybridized carbons (Fsp3) is 0.684. The Morgan fingerprint density at radius 1 is 1.25 bits per heavy atom. The molecule has 1 rings (SSSR count). The van der Waals surface area contributed by atoms with Crippen LogP contribution in [0.15, 0.2) is 11.8 Å². The first-order chi connectivity index (χ1) is 13.4. The van der Waals surface area contributed by atoms with Crippen LogP contribution in [0.4, 0.5) is 0 Å². The lowest BCUT2D eigenvalue weighted by Gasteiger charge is -2.20. The average molecular weight is 396 g/mol. The summed E-state index contributed by atoms with van der Waals surface area (Å²) in [5.74, 6) is -1.48. The van der Waals surface area contributed by atoms with Gasteiger partial charge in [-0.25, -0.2) is 5.06 Å². The van der Waals surface area contributed by atoms with Gasteiger partial charge in [0.25, 0.3) is 5.91 Å². The molecule has 0 saturated carbocycles. The molecule has 1 aliphatic rings. The first-order valence-corrected chi connectivity index (χ1v) is 9.88. The van der Waals surface area contributed by atoms with Crippen LogP contribution in [-0.4, -0.2) is 54.0 Å². The van der Waals surface area contributed by atoms with E-state index in [0.29, 0.717) is 37.4 Å². The molecule has 1 fully saturated rings. The van der Waals surface area contributed by atoms with E-state index in [4.69, 9.17) is 0 Å². The van der Waals surface area contributed by atoms with Gasteiger partial charge in [-0.2, -0.15) is 0 Å². The second kappa shape index (κ2) is 13.7. The lowest BCUT2D eigenvalue weighted by molar-refractivity contribution is -0.154. The van der Waals surface area contributed by atoms with Crippen molar-refractivity contribution in [3.63, 3.8) is 0 Å². The lowest BCUT2D eigenvalue weighted by Crippen LogP contribution is -2.41. The number of unbranched alkanes of at least 4 members (excludes halogenated alkanes) is 1. The Morgan fingerprint density at radius 2 is 1.96 bits per heavy atom. The molecule has 9 nitrogen and oxygen atoms in total. The van der Waals surface area contributed by atoms with Crippen LogP contribution < -0.4 is 16.0 Å². The Balaban J connectivity index is 2.82. The highest BCUT2D eigenvalue weighted by molar-refractivity contribution is 5.97. The van der Waals surface area contributed by atoms with Crippen LogP contribution in [0.3, 0.4) is 0 Å². The van der Waals surface area contributed by atoms with Gasteiger partial charge in [0.2, 0.25) is 18.2 Å². The lowest BCUT2D eigenvalue weighted by atomic mass is 9.99. The Kier molecular flexibility index (Phi) is 11.6. The standard InChI is InChI=1S/C19H32N4O5/c1-15(25)20-11-8-6-10-17-19(27)21-12-7-4-2-3-5-9-16(18(26)22-17)13-23(28)14-24/h10,14,16,28H,2-9,11-13H2,1H3,(H,20,25)(H,21,27)(H,22,26)/b17-10+/t16-/m1/s1. The number of carbonyl (C=O) groups is 4. The molecule has 28 heavy (non-hydrogen) atoms. The summed E-state index contributed by atoms with van der Waals surface area (Å²) in [6, 6.07) is 0. The van der Waals surface area contributed by atoms with E-state index >= 15 is 0 Å². The smallest absolute Gasteiger partial charge is 0.267 e. The van der Waals surface area contributed by atoms with Crippen molar-refractivity contribution in [2.24, 2.45) is 5.92 Å². The fourth-order valence-corrected chi connectivity index (χ4v) is 2.97. The summed E-state index contributed by atoms with van der Waals surface area (Å²) in [5.41, 5.74) is 0.160. The number of amides is 4. The topological polar surface area (TPSA) is 128 Å². The van der Waals surface area contributed by atoms with Gasteiger partial charge in [0.1, 0.15) is 5.70 Å². The molecule has 1 atom stereocenters. The summed E-state index contributed by atoms with van der Waals surface area (Å²) in [6.45, 7) is 2.34. The van der Waals surface area contributed by atoms with Gasteiger partial charge in [0.15, 0.2) is 0 Å². The van der Waals surface area contributed by atoms with Crippen LogP contribution in [0.1, 0.15) is 58.3 Å². The molecule has 0 spiro atoms. The maximum absolute atomic E-state index is 12.7. The zero-order chi connectivity index (χ0) is 20.8. The van der Waals surface area contributed by atoms with E-state index in [0.717, 1.165) is 32.1 Å². The van der Waals surface area contributed by atoms with Crippen molar-refractivity contribution in [2.75, 3.05) is 19.6 Å². The van der Waals surface area contributed by atoms with E-state index in [1.54, 1.807) is 6.08 Å². The summed E-state index contributed by atoms with van der Waals surface area (Å²) < 4.78 is 0. The van der Waals surface area contributed by atoms with Crippen molar-refractivity contribution in [2.45, 2.75) is 58.3 Å². The minimum Gasteiger partial charge on any atom is -0.356 e. The van der Waals surface area contributed by atoms with E-state index < -0.39 is 11.8 Å². The summed E-state index contributed by atoms with van der Waals surface area (Å²) >= 11 is 0. The van der Waals surface area contributed by atoms with E-state index in [-0.39, 0.29) is 30.5 Å². The third kappa shape index (κ3) is 10.1. The minimum absolute atomic E-state index is 0.118. The second-order valence-corrected chi connectivity index (χ2v) is 6.97. The second-order valence-electron chi connectivity index (χ2n) is 6.97. The monoisotopic (exact) mass is 396 g/mol. The molecule has 1 heterocycles. The first-order valence-electron chi connectivity index (χ1n) is 9.88. The van der Waals surface area contributed by atoms with Crippen LogP contribution in [0.2, 0.25) is 0 Å². The predicted molar refractivity (Wildman–Crippen MR) is 103 cm³/mol. The molecule has 9 heteroatoms. The molecule has 0 aliphatic carbocycles. The van der Waals surface area contributed by atoms with Crippen molar-refractivity contribution in [3.05, 3.63) is 11.8 Å². The minimum atomic E-state index is -0.605. The quantitative estimate of drug-likeness (QED) is 0.167. The zero-order valence-corrected chi connectivity index (χ0v) is 16.5. The molecule has 0 aromatic heterocycles. The summed E-state index contributed by atoms with van der Waals surface area (Å²) in [4.78, 5) is 46.7. The Labute approximate surface area is 165 Å². The maximum Gasteiger partial charge on any atom is 0.267 e. The van der Waals surface area contributed by atoms with Gasteiger partial charge in [-0.15, -0.1) is 0 Å². The van der Waals surface area contributed by atoms with Crippen LogP contribution in [0.25, 0.3) is 0 Å². The number of rotatable bonds is 7. The highest BCUT2D eigenvalue weighted by atomic mass is 16.5. The van der Waals surface area contributed by atoms with Gasteiger partial charge in [-0.1, -0.05) is 31.8 Å². The van der Waals surface area contributed by atoms with Crippen molar-refractivity contribution in [1.29, 1.82) is 0 Å². The number of allylic oxidation sites excluding steroid dienone is 1. The SMILES string of the molecule is CC(=O)NCCC/C=C1/NC(=O)[C@@H](CN(O)C=O)CCCCCCCNC1=O. The average Bonchev–Trinajstić information content (AvgIpc) is 2.67. The normalized spacial score (nSPS) is 20.8. The molecule has 4 amide bonds. The Bertz CT molecular complexity index is 565. The molecular weight excluding hydrogens is 364 g/mol. The van der Waals surface area contributed by atoms with Crippen LogP contribution >= 0.6 is 0 Å². The Hall–Kier alpha value is -2.42. The maximum atomic E-state index is 12.7. The third-order valence-electron chi connectivity index (χ3n) is 4.52. The highest BCUT2D eigenvalue weighted by Crippen LogP contribution is 2.14. The van der Waals surface area contributed by atoms with Crippen LogP contribution in [0.5, 0.6) is 0 Å². The van der Waals surface area contributed by atoms with Crippen LogP contribution in [-0.2, 0) is 19.2 Å². The molecule has 0 bridgehead atoms. The van der Waals surface area contributed by atoms with Gasteiger partial charge in [0.05, 0.1) is 12.5 Å². The predicted octanol–water partition coefficient (Wildman–Crippen LogP) is 0.837. The number of carbonyl (C=O) groups excluding carboxylic acids is 4. The van der Waals surface area contributed by atoms with E-state index in [1.165, 1.54) is 6.92 Å². The molecular formula is C19H32N4O5. The number of hydrogen-bond donors (Lipinski definition) is 4. The summed E-state index contributed by atoms with van der Waals surface area (Å²) in [7, 11) is 0. The van der Waals surface area contributed by atoms with Crippen molar-refractivity contribution < 1.29 is 24.4 Å². The highest BCUT2D eigenvalue weighted by Gasteiger charge is 2.23. The Morgan fingerprint density at radius 3 is 2.68 bits per heavy atom. The number of nitrogens with one attached hydrogen (secondary N) is 3. The molecule has 4 N–H and O–H groups in total. The van der Waals surface area contributed by atoms with Gasteiger partial charge in [-0.05, 0) is 25.7 Å². The molecule has 0 aromatic carbocycles.